The molecule has 1 rings (SSSR count). The summed E-state index contributed by atoms with van der Waals surface area (Å²) in [5.74, 6) is 0. The van der Waals surface area contributed by atoms with Crippen LogP contribution in [0.25, 0.3) is 0 Å². The van der Waals surface area contributed by atoms with Gasteiger partial charge in [-0.1, -0.05) is 13.8 Å². The number of nitrogens with zero attached hydrogens (tertiary/aromatic N) is 1. The monoisotopic (exact) mass is 228 g/mol. The fraction of sp³-hybridized carbons (Fsp3) is 1.00. The first-order valence-corrected chi connectivity index (χ1v) is 6.75. The molecular formula is C13H28N2O. The molecule has 0 amide bonds. The topological polar surface area (TPSA) is 24.5 Å². The van der Waals surface area contributed by atoms with Gasteiger partial charge in [0.15, 0.2) is 0 Å². The van der Waals surface area contributed by atoms with Crippen molar-refractivity contribution in [3.63, 3.8) is 0 Å². The molecule has 0 saturated carbocycles. The summed E-state index contributed by atoms with van der Waals surface area (Å²) in [4.78, 5) is 2.47. The van der Waals surface area contributed by atoms with E-state index in [2.05, 4.69) is 37.9 Å². The van der Waals surface area contributed by atoms with E-state index in [9.17, 15) is 0 Å². The van der Waals surface area contributed by atoms with Crippen LogP contribution in [0, 0.1) is 0 Å². The van der Waals surface area contributed by atoms with E-state index >= 15 is 0 Å². The summed E-state index contributed by atoms with van der Waals surface area (Å²) in [6, 6.07) is 1.23. The maximum atomic E-state index is 5.56. The normalized spacial score (nSPS) is 28.3. The molecule has 1 N–H and O–H groups in total. The van der Waals surface area contributed by atoms with Crippen LogP contribution in [0.1, 0.15) is 40.5 Å². The molecule has 1 saturated heterocycles. The van der Waals surface area contributed by atoms with Crippen molar-refractivity contribution in [2.45, 2.75) is 58.7 Å². The molecule has 16 heavy (non-hydrogen) atoms. The zero-order chi connectivity index (χ0) is 12.0. The van der Waals surface area contributed by atoms with Crippen LogP contribution in [-0.4, -0.2) is 49.3 Å². The van der Waals surface area contributed by atoms with Gasteiger partial charge in [-0.25, -0.2) is 0 Å². The fourth-order valence-electron chi connectivity index (χ4n) is 2.47. The molecule has 1 fully saturated rings. The Balaban J connectivity index is 2.24. The summed E-state index contributed by atoms with van der Waals surface area (Å²) < 4.78 is 5.56. The molecule has 0 aromatic heterocycles. The van der Waals surface area contributed by atoms with Crippen molar-refractivity contribution in [1.82, 2.24) is 10.2 Å². The Morgan fingerprint density at radius 3 is 2.62 bits per heavy atom. The third-order valence-electron chi connectivity index (χ3n) is 3.43. The molecule has 0 aliphatic carbocycles. The highest BCUT2D eigenvalue weighted by atomic mass is 16.5. The van der Waals surface area contributed by atoms with Gasteiger partial charge in [0.1, 0.15) is 0 Å². The zero-order valence-corrected chi connectivity index (χ0v) is 11.3. The maximum absolute atomic E-state index is 5.56. The van der Waals surface area contributed by atoms with Crippen molar-refractivity contribution in [1.29, 1.82) is 0 Å². The van der Waals surface area contributed by atoms with Crippen LogP contribution < -0.4 is 5.32 Å². The zero-order valence-electron chi connectivity index (χ0n) is 11.3. The molecule has 3 unspecified atom stereocenters. The summed E-state index contributed by atoms with van der Waals surface area (Å²) in [6.45, 7) is 13.3. The summed E-state index contributed by atoms with van der Waals surface area (Å²) in [6.07, 6.45) is 2.74. The van der Waals surface area contributed by atoms with Crippen LogP contribution in [0.15, 0.2) is 0 Å². The molecule has 0 aromatic rings. The number of likely N-dealkylation sites (N-methyl/N-ethyl adjacent to an activating group) is 1. The first-order chi connectivity index (χ1) is 7.65. The highest BCUT2D eigenvalue weighted by Gasteiger charge is 2.20. The standard InChI is InChI=1S/C13H28N2O/c1-5-15(6-2)10-11(3)14-13-7-8-16-12(4)9-13/h11-14H,5-10H2,1-4H3. The van der Waals surface area contributed by atoms with E-state index in [0.717, 1.165) is 39.1 Å². The van der Waals surface area contributed by atoms with Crippen LogP contribution in [0.3, 0.4) is 0 Å². The SMILES string of the molecule is CCN(CC)CC(C)NC1CCOC(C)C1. The van der Waals surface area contributed by atoms with E-state index in [-0.39, 0.29) is 0 Å². The summed E-state index contributed by atoms with van der Waals surface area (Å²) in [7, 11) is 0. The van der Waals surface area contributed by atoms with E-state index in [1.54, 1.807) is 0 Å². The molecule has 1 heterocycles. The average Bonchev–Trinajstić information content (AvgIpc) is 2.26. The molecule has 0 bridgehead atoms. The minimum atomic E-state index is 0.423. The van der Waals surface area contributed by atoms with Gasteiger partial charge in [-0.3, -0.25) is 0 Å². The summed E-state index contributed by atoms with van der Waals surface area (Å²) >= 11 is 0. The summed E-state index contributed by atoms with van der Waals surface area (Å²) in [5.41, 5.74) is 0. The molecular weight excluding hydrogens is 200 g/mol. The quantitative estimate of drug-likeness (QED) is 0.751. The van der Waals surface area contributed by atoms with E-state index in [4.69, 9.17) is 4.74 Å². The third kappa shape index (κ3) is 4.81. The molecule has 3 atom stereocenters. The van der Waals surface area contributed by atoms with Crippen molar-refractivity contribution < 1.29 is 4.74 Å². The van der Waals surface area contributed by atoms with E-state index in [1.165, 1.54) is 0 Å². The van der Waals surface area contributed by atoms with Gasteiger partial charge >= 0.3 is 0 Å². The largest absolute Gasteiger partial charge is 0.378 e. The van der Waals surface area contributed by atoms with Gasteiger partial charge in [-0.2, -0.15) is 0 Å². The lowest BCUT2D eigenvalue weighted by Crippen LogP contribution is -2.47. The number of ether oxygens (including phenoxy) is 1. The predicted molar refractivity (Wildman–Crippen MR) is 68.8 cm³/mol. The highest BCUT2D eigenvalue weighted by Crippen LogP contribution is 2.13. The first-order valence-electron chi connectivity index (χ1n) is 6.75. The Kier molecular flexibility index (Phi) is 6.32. The first kappa shape index (κ1) is 13.9. The van der Waals surface area contributed by atoms with Crippen molar-refractivity contribution >= 4 is 0 Å². The molecule has 96 valence electrons. The maximum Gasteiger partial charge on any atom is 0.0561 e. The number of hydrogen-bond donors (Lipinski definition) is 1. The average molecular weight is 228 g/mol. The van der Waals surface area contributed by atoms with Crippen LogP contribution >= 0.6 is 0 Å². The second-order valence-corrected chi connectivity index (χ2v) is 4.96. The van der Waals surface area contributed by atoms with Crippen molar-refractivity contribution in [3.05, 3.63) is 0 Å². The Morgan fingerprint density at radius 1 is 1.38 bits per heavy atom. The minimum absolute atomic E-state index is 0.423. The predicted octanol–water partition coefficient (Wildman–Crippen LogP) is 1.87. The molecule has 3 heteroatoms. The molecule has 1 aliphatic rings. The Hall–Kier alpha value is -0.120. The smallest absolute Gasteiger partial charge is 0.0561 e. The van der Waals surface area contributed by atoms with Crippen LogP contribution in [0.5, 0.6) is 0 Å². The van der Waals surface area contributed by atoms with E-state index in [1.807, 2.05) is 0 Å². The van der Waals surface area contributed by atoms with Crippen LogP contribution in [-0.2, 0) is 4.74 Å². The van der Waals surface area contributed by atoms with Gasteiger partial charge in [0.25, 0.3) is 0 Å². The van der Waals surface area contributed by atoms with Gasteiger partial charge in [0.05, 0.1) is 6.10 Å². The van der Waals surface area contributed by atoms with Gasteiger partial charge in [0.2, 0.25) is 0 Å². The number of hydrogen-bond acceptors (Lipinski definition) is 3. The number of nitrogens with one attached hydrogen (secondary N) is 1. The van der Waals surface area contributed by atoms with E-state index < -0.39 is 0 Å². The van der Waals surface area contributed by atoms with Gasteiger partial charge < -0.3 is 15.0 Å². The molecule has 3 nitrogen and oxygen atoms in total. The van der Waals surface area contributed by atoms with Crippen molar-refractivity contribution in [3.8, 4) is 0 Å². The molecule has 0 spiro atoms. The molecule has 0 radical (unpaired) electrons. The van der Waals surface area contributed by atoms with Crippen LogP contribution in [0.2, 0.25) is 0 Å². The Labute approximate surface area is 101 Å². The van der Waals surface area contributed by atoms with Gasteiger partial charge in [-0.15, -0.1) is 0 Å². The third-order valence-corrected chi connectivity index (χ3v) is 3.43. The lowest BCUT2D eigenvalue weighted by Gasteiger charge is -2.32. The summed E-state index contributed by atoms with van der Waals surface area (Å²) in [5, 5.41) is 3.73. The Morgan fingerprint density at radius 2 is 2.06 bits per heavy atom. The lowest BCUT2D eigenvalue weighted by atomic mass is 10.0. The number of rotatable bonds is 6. The van der Waals surface area contributed by atoms with Crippen molar-refractivity contribution in [2.75, 3.05) is 26.2 Å². The van der Waals surface area contributed by atoms with Gasteiger partial charge in [-0.05, 0) is 39.8 Å². The molecule has 1 aliphatic heterocycles. The van der Waals surface area contributed by atoms with Crippen molar-refractivity contribution in [2.24, 2.45) is 0 Å². The molecule has 0 aromatic carbocycles. The second-order valence-electron chi connectivity index (χ2n) is 4.96. The van der Waals surface area contributed by atoms with Gasteiger partial charge in [0, 0.05) is 25.2 Å². The minimum Gasteiger partial charge on any atom is -0.378 e. The fourth-order valence-corrected chi connectivity index (χ4v) is 2.47. The Bertz CT molecular complexity index is 183. The highest BCUT2D eigenvalue weighted by molar-refractivity contribution is 4.78. The van der Waals surface area contributed by atoms with E-state index in [0.29, 0.717) is 18.2 Å². The van der Waals surface area contributed by atoms with Crippen LogP contribution in [0.4, 0.5) is 0 Å². The lowest BCUT2D eigenvalue weighted by molar-refractivity contribution is 0.0109. The second kappa shape index (κ2) is 7.25.